The van der Waals surface area contributed by atoms with Crippen LogP contribution in [-0.4, -0.2) is 16.9 Å². The van der Waals surface area contributed by atoms with Gasteiger partial charge in [-0.3, -0.25) is 9.89 Å². The summed E-state index contributed by atoms with van der Waals surface area (Å²) in [4.78, 5) is 12.2. The van der Waals surface area contributed by atoms with Crippen LogP contribution in [-0.2, 0) is 0 Å². The number of aromatic nitrogens is 2. The monoisotopic (exact) mass is 308 g/mol. The zero-order chi connectivity index (χ0) is 12.7. The van der Waals surface area contributed by atoms with Gasteiger partial charge in [0.05, 0.1) is 18.5 Å². The molecule has 1 N–H and O–H groups in total. The van der Waals surface area contributed by atoms with Crippen molar-refractivity contribution in [1.29, 1.82) is 0 Å². The van der Waals surface area contributed by atoms with Gasteiger partial charge in [0.15, 0.2) is 0 Å². The smallest absolute Gasteiger partial charge is 0.285 e. The molecule has 4 nitrogen and oxygen atoms in total. The molecule has 1 aliphatic rings. The molecule has 2 aromatic rings. The quantitative estimate of drug-likeness (QED) is 0.948. The zero-order valence-electron chi connectivity index (χ0n) is 9.94. The molecule has 1 aliphatic carbocycles. The average molecular weight is 309 g/mol. The molecule has 94 valence electrons. The Morgan fingerprint density at radius 3 is 2.89 bits per heavy atom. The van der Waals surface area contributed by atoms with Crippen LogP contribution in [0.15, 0.2) is 33.5 Å². The van der Waals surface area contributed by atoms with Crippen LogP contribution < -0.4 is 10.3 Å². The summed E-state index contributed by atoms with van der Waals surface area (Å²) in [5.41, 5.74) is 1.74. The van der Waals surface area contributed by atoms with Gasteiger partial charge in [-0.15, -0.1) is 0 Å². The summed E-state index contributed by atoms with van der Waals surface area (Å²) in [6.45, 7) is 0. The fraction of sp³-hybridized carbons (Fsp3) is 0.308. The number of nitrogens with zero attached hydrogens (tertiary/aromatic N) is 1. The van der Waals surface area contributed by atoms with Gasteiger partial charge in [0, 0.05) is 12.0 Å². The molecule has 18 heavy (non-hydrogen) atoms. The maximum absolute atomic E-state index is 12.2. The Kier molecular flexibility index (Phi) is 2.78. The van der Waals surface area contributed by atoms with Crippen molar-refractivity contribution in [3.8, 4) is 11.4 Å². The molecule has 0 saturated heterocycles. The van der Waals surface area contributed by atoms with Gasteiger partial charge in [-0.1, -0.05) is 6.07 Å². The van der Waals surface area contributed by atoms with Crippen molar-refractivity contribution in [1.82, 2.24) is 9.78 Å². The van der Waals surface area contributed by atoms with Gasteiger partial charge in [0.2, 0.25) is 0 Å². The molecule has 0 radical (unpaired) electrons. The van der Waals surface area contributed by atoms with Crippen molar-refractivity contribution < 1.29 is 4.74 Å². The molecule has 5 heteroatoms. The largest absolute Gasteiger partial charge is 0.497 e. The van der Waals surface area contributed by atoms with E-state index < -0.39 is 0 Å². The highest BCUT2D eigenvalue weighted by Crippen LogP contribution is 2.41. The van der Waals surface area contributed by atoms with E-state index in [2.05, 4.69) is 21.0 Å². The number of ether oxygens (including phenoxy) is 1. The first-order valence-corrected chi connectivity index (χ1v) is 6.65. The van der Waals surface area contributed by atoms with Crippen LogP contribution in [0.3, 0.4) is 0 Å². The molecular formula is C13H13BrN2O2. The number of hydrogen-bond acceptors (Lipinski definition) is 2. The predicted molar refractivity (Wildman–Crippen MR) is 72.6 cm³/mol. The van der Waals surface area contributed by atoms with Crippen LogP contribution in [0.25, 0.3) is 5.69 Å². The van der Waals surface area contributed by atoms with Crippen molar-refractivity contribution in [3.05, 3.63) is 44.8 Å². The molecule has 0 spiro atoms. The Morgan fingerprint density at radius 2 is 2.22 bits per heavy atom. The van der Waals surface area contributed by atoms with E-state index in [1.54, 1.807) is 11.8 Å². The molecular weight excluding hydrogens is 296 g/mol. The number of H-pyrrole nitrogens is 1. The molecule has 0 unspecified atom stereocenters. The van der Waals surface area contributed by atoms with Crippen LogP contribution >= 0.6 is 15.9 Å². The van der Waals surface area contributed by atoms with E-state index in [9.17, 15) is 4.79 Å². The first-order chi connectivity index (χ1) is 8.70. The number of hydrogen-bond donors (Lipinski definition) is 1. The predicted octanol–water partition coefficient (Wildman–Crippen LogP) is 2.81. The third-order valence-corrected chi connectivity index (χ3v) is 3.92. The Balaban J connectivity index is 2.10. The standard InChI is InChI=1S/C13H13BrN2O2/c1-18-10-4-2-3-9(7-10)16-13(17)11(14)12(15-16)8-5-6-8/h2-4,7-8,15H,5-6H2,1H3. The van der Waals surface area contributed by atoms with Crippen molar-refractivity contribution in [2.75, 3.05) is 7.11 Å². The maximum atomic E-state index is 12.2. The fourth-order valence-electron chi connectivity index (χ4n) is 2.01. The third-order valence-electron chi connectivity index (χ3n) is 3.16. The van der Waals surface area contributed by atoms with Crippen LogP contribution in [0.2, 0.25) is 0 Å². The van der Waals surface area contributed by atoms with Gasteiger partial charge < -0.3 is 4.74 Å². The van der Waals surface area contributed by atoms with Crippen LogP contribution in [0.4, 0.5) is 0 Å². The van der Waals surface area contributed by atoms with E-state index in [0.29, 0.717) is 10.4 Å². The molecule has 0 atom stereocenters. The lowest BCUT2D eigenvalue weighted by Gasteiger charge is -2.04. The lowest BCUT2D eigenvalue weighted by Crippen LogP contribution is -2.14. The number of methoxy groups -OCH3 is 1. The summed E-state index contributed by atoms with van der Waals surface area (Å²) in [7, 11) is 1.61. The Hall–Kier alpha value is -1.49. The molecule has 3 rings (SSSR count). The van der Waals surface area contributed by atoms with E-state index in [1.807, 2.05) is 24.3 Å². The summed E-state index contributed by atoms with van der Waals surface area (Å²) >= 11 is 3.38. The number of aromatic amines is 1. The minimum absolute atomic E-state index is 0.0508. The van der Waals surface area contributed by atoms with Gasteiger partial charge in [-0.05, 0) is 40.9 Å². The van der Waals surface area contributed by atoms with E-state index in [4.69, 9.17) is 4.74 Å². The van der Waals surface area contributed by atoms with E-state index in [0.717, 1.165) is 30.0 Å². The van der Waals surface area contributed by atoms with Crippen molar-refractivity contribution in [2.45, 2.75) is 18.8 Å². The van der Waals surface area contributed by atoms with Crippen LogP contribution in [0.1, 0.15) is 24.5 Å². The van der Waals surface area contributed by atoms with Gasteiger partial charge in [0.25, 0.3) is 5.56 Å². The van der Waals surface area contributed by atoms with Gasteiger partial charge >= 0.3 is 0 Å². The second-order valence-electron chi connectivity index (χ2n) is 4.46. The zero-order valence-corrected chi connectivity index (χ0v) is 11.5. The molecule has 1 heterocycles. The third kappa shape index (κ3) is 1.88. The first kappa shape index (κ1) is 11.6. The normalized spacial score (nSPS) is 14.8. The SMILES string of the molecule is COc1cccc(-n2[nH]c(C3CC3)c(Br)c2=O)c1. The number of halogens is 1. The van der Waals surface area contributed by atoms with Crippen molar-refractivity contribution >= 4 is 15.9 Å². The van der Waals surface area contributed by atoms with E-state index in [-0.39, 0.29) is 5.56 Å². The Labute approximate surface area is 113 Å². The van der Waals surface area contributed by atoms with Gasteiger partial charge in [-0.2, -0.15) is 0 Å². The number of nitrogens with one attached hydrogen (secondary N) is 1. The summed E-state index contributed by atoms with van der Waals surface area (Å²) < 4.78 is 7.37. The van der Waals surface area contributed by atoms with Crippen LogP contribution in [0.5, 0.6) is 5.75 Å². The highest BCUT2D eigenvalue weighted by Gasteiger charge is 2.29. The average Bonchev–Trinajstić information content (AvgIpc) is 3.19. The van der Waals surface area contributed by atoms with Crippen LogP contribution in [0, 0.1) is 0 Å². The highest BCUT2D eigenvalue weighted by atomic mass is 79.9. The summed E-state index contributed by atoms with van der Waals surface area (Å²) in [5.74, 6) is 1.23. The van der Waals surface area contributed by atoms with Crippen molar-refractivity contribution in [3.63, 3.8) is 0 Å². The Morgan fingerprint density at radius 1 is 1.44 bits per heavy atom. The van der Waals surface area contributed by atoms with E-state index in [1.165, 1.54) is 0 Å². The lowest BCUT2D eigenvalue weighted by molar-refractivity contribution is 0.414. The lowest BCUT2D eigenvalue weighted by atomic mass is 10.3. The van der Waals surface area contributed by atoms with Gasteiger partial charge in [-0.25, -0.2) is 4.68 Å². The van der Waals surface area contributed by atoms with Crippen molar-refractivity contribution in [2.24, 2.45) is 0 Å². The highest BCUT2D eigenvalue weighted by molar-refractivity contribution is 9.10. The summed E-state index contributed by atoms with van der Waals surface area (Å²) in [6.07, 6.45) is 2.30. The minimum Gasteiger partial charge on any atom is -0.497 e. The molecule has 0 aliphatic heterocycles. The fourth-order valence-corrected chi connectivity index (χ4v) is 2.60. The van der Waals surface area contributed by atoms with E-state index >= 15 is 0 Å². The molecule has 1 fully saturated rings. The molecule has 1 aromatic carbocycles. The number of benzene rings is 1. The minimum atomic E-state index is -0.0508. The molecule has 0 amide bonds. The van der Waals surface area contributed by atoms with Gasteiger partial charge in [0.1, 0.15) is 10.2 Å². The second-order valence-corrected chi connectivity index (χ2v) is 5.25. The topological polar surface area (TPSA) is 47.0 Å². The molecule has 1 saturated carbocycles. The molecule has 1 aromatic heterocycles. The molecule has 0 bridgehead atoms. The summed E-state index contributed by atoms with van der Waals surface area (Å²) in [6, 6.07) is 7.44. The second kappa shape index (κ2) is 4.31. The maximum Gasteiger partial charge on any atom is 0.285 e. The Bertz CT molecular complexity index is 641. The summed E-state index contributed by atoms with van der Waals surface area (Å²) in [5, 5.41) is 3.18. The number of rotatable bonds is 3. The first-order valence-electron chi connectivity index (χ1n) is 5.85.